The Kier molecular flexibility index (Phi) is 6.87. The number of benzene rings is 1. The molecule has 0 spiro atoms. The van der Waals surface area contributed by atoms with Crippen molar-refractivity contribution in [3.8, 4) is 0 Å². The number of hydrogen-bond donors (Lipinski definition) is 1. The standard InChI is InChI=1S/C18H24N2O2/c1-22-13-3-2-4-18(21)10-9-16-5-7-17(8-6-16)14-20-12-11-19-15-20/h5-12,15,18,21H,2-4,13-14H2,1H3/b10-9+. The smallest absolute Gasteiger partial charge is 0.0949 e. The van der Waals surface area contributed by atoms with Crippen LogP contribution in [-0.2, 0) is 11.3 Å². The van der Waals surface area contributed by atoms with Crippen LogP contribution in [0.1, 0.15) is 30.4 Å². The van der Waals surface area contributed by atoms with Crippen LogP contribution >= 0.6 is 0 Å². The zero-order chi connectivity index (χ0) is 15.6. The molecule has 1 aromatic heterocycles. The Morgan fingerprint density at radius 1 is 1.27 bits per heavy atom. The van der Waals surface area contributed by atoms with E-state index < -0.39 is 0 Å². The predicted octanol–water partition coefficient (Wildman–Crippen LogP) is 3.12. The zero-order valence-electron chi connectivity index (χ0n) is 13.1. The first-order valence-corrected chi connectivity index (χ1v) is 7.68. The summed E-state index contributed by atoms with van der Waals surface area (Å²) in [4.78, 5) is 4.04. The average molecular weight is 300 g/mol. The Balaban J connectivity index is 1.79. The second-order valence-corrected chi connectivity index (χ2v) is 5.39. The first-order valence-electron chi connectivity index (χ1n) is 7.68. The minimum atomic E-state index is -0.387. The molecule has 0 bridgehead atoms. The van der Waals surface area contributed by atoms with Gasteiger partial charge in [0.25, 0.3) is 0 Å². The maximum atomic E-state index is 9.90. The lowest BCUT2D eigenvalue weighted by Crippen LogP contribution is -2.02. The first-order chi connectivity index (χ1) is 10.8. The number of aliphatic hydroxyl groups excluding tert-OH is 1. The number of ether oxygens (including phenoxy) is 1. The van der Waals surface area contributed by atoms with Gasteiger partial charge in [-0.05, 0) is 30.4 Å². The maximum absolute atomic E-state index is 9.90. The second-order valence-electron chi connectivity index (χ2n) is 5.39. The molecule has 1 unspecified atom stereocenters. The zero-order valence-corrected chi connectivity index (χ0v) is 13.1. The summed E-state index contributed by atoms with van der Waals surface area (Å²) in [6.45, 7) is 1.58. The molecule has 0 aliphatic carbocycles. The molecule has 1 heterocycles. The van der Waals surface area contributed by atoms with Crippen LogP contribution in [0.15, 0.2) is 49.1 Å². The monoisotopic (exact) mass is 300 g/mol. The third-order valence-electron chi connectivity index (χ3n) is 3.51. The van der Waals surface area contributed by atoms with Crippen LogP contribution in [0.4, 0.5) is 0 Å². The van der Waals surface area contributed by atoms with Gasteiger partial charge < -0.3 is 14.4 Å². The normalized spacial score (nSPS) is 12.8. The van der Waals surface area contributed by atoms with Crippen molar-refractivity contribution in [3.63, 3.8) is 0 Å². The highest BCUT2D eigenvalue weighted by Gasteiger charge is 1.99. The summed E-state index contributed by atoms with van der Waals surface area (Å²) in [5, 5.41) is 9.90. The maximum Gasteiger partial charge on any atom is 0.0949 e. The average Bonchev–Trinajstić information content (AvgIpc) is 3.04. The van der Waals surface area contributed by atoms with Crippen molar-refractivity contribution in [3.05, 3.63) is 60.2 Å². The molecule has 0 saturated carbocycles. The highest BCUT2D eigenvalue weighted by molar-refractivity contribution is 5.50. The summed E-state index contributed by atoms with van der Waals surface area (Å²) in [6, 6.07) is 8.34. The van der Waals surface area contributed by atoms with E-state index in [0.29, 0.717) is 0 Å². The van der Waals surface area contributed by atoms with Gasteiger partial charge in [-0.15, -0.1) is 0 Å². The third-order valence-corrected chi connectivity index (χ3v) is 3.51. The van der Waals surface area contributed by atoms with Crippen LogP contribution < -0.4 is 0 Å². The topological polar surface area (TPSA) is 47.3 Å². The number of unbranched alkanes of at least 4 members (excludes halogenated alkanes) is 1. The SMILES string of the molecule is COCCCCC(O)/C=C/c1ccc(Cn2ccnc2)cc1. The molecule has 2 rings (SSSR count). The van der Waals surface area contributed by atoms with E-state index in [4.69, 9.17) is 4.74 Å². The molecule has 1 atom stereocenters. The van der Waals surface area contributed by atoms with Crippen molar-refractivity contribution in [2.75, 3.05) is 13.7 Å². The highest BCUT2D eigenvalue weighted by Crippen LogP contribution is 2.10. The van der Waals surface area contributed by atoms with E-state index in [-0.39, 0.29) is 6.10 Å². The van der Waals surface area contributed by atoms with Crippen LogP contribution in [0.2, 0.25) is 0 Å². The van der Waals surface area contributed by atoms with Gasteiger partial charge in [-0.3, -0.25) is 0 Å². The summed E-state index contributed by atoms with van der Waals surface area (Å²) < 4.78 is 7.03. The van der Waals surface area contributed by atoms with Crippen molar-refractivity contribution in [2.24, 2.45) is 0 Å². The molecular weight excluding hydrogens is 276 g/mol. The third kappa shape index (κ3) is 5.84. The van der Waals surface area contributed by atoms with Crippen LogP contribution in [0.25, 0.3) is 6.08 Å². The fraction of sp³-hybridized carbons (Fsp3) is 0.389. The van der Waals surface area contributed by atoms with Gasteiger partial charge in [0.05, 0.1) is 12.4 Å². The summed E-state index contributed by atoms with van der Waals surface area (Å²) in [6.07, 6.45) is 11.7. The molecule has 1 aromatic carbocycles. The molecule has 0 amide bonds. The van der Waals surface area contributed by atoms with Gasteiger partial charge in [0.1, 0.15) is 0 Å². The number of aromatic nitrogens is 2. The summed E-state index contributed by atoms with van der Waals surface area (Å²) in [5.41, 5.74) is 2.33. The van der Waals surface area contributed by atoms with E-state index in [9.17, 15) is 5.11 Å². The highest BCUT2D eigenvalue weighted by atomic mass is 16.5. The lowest BCUT2D eigenvalue weighted by Gasteiger charge is -2.05. The summed E-state index contributed by atoms with van der Waals surface area (Å²) in [7, 11) is 1.70. The van der Waals surface area contributed by atoms with Gasteiger partial charge in [0, 0.05) is 32.7 Å². The quantitative estimate of drug-likeness (QED) is 0.724. The van der Waals surface area contributed by atoms with E-state index in [2.05, 4.69) is 29.2 Å². The Labute approximate surface area is 132 Å². The van der Waals surface area contributed by atoms with Crippen molar-refractivity contribution >= 4 is 6.08 Å². The lowest BCUT2D eigenvalue weighted by molar-refractivity contribution is 0.176. The van der Waals surface area contributed by atoms with E-state index in [0.717, 1.165) is 38.0 Å². The number of hydrogen-bond acceptors (Lipinski definition) is 3. The molecule has 22 heavy (non-hydrogen) atoms. The van der Waals surface area contributed by atoms with Gasteiger partial charge in [-0.1, -0.05) is 36.4 Å². The lowest BCUT2D eigenvalue weighted by atomic mass is 10.1. The van der Waals surface area contributed by atoms with Crippen molar-refractivity contribution in [1.29, 1.82) is 0 Å². The molecule has 4 nitrogen and oxygen atoms in total. The molecule has 0 aliphatic rings. The summed E-state index contributed by atoms with van der Waals surface area (Å²) in [5.74, 6) is 0. The number of methoxy groups -OCH3 is 1. The Hall–Kier alpha value is -1.91. The first kappa shape index (κ1) is 16.5. The Morgan fingerprint density at radius 2 is 2.09 bits per heavy atom. The predicted molar refractivity (Wildman–Crippen MR) is 88.5 cm³/mol. The number of nitrogens with zero attached hydrogens (tertiary/aromatic N) is 2. The van der Waals surface area contributed by atoms with Crippen molar-refractivity contribution in [1.82, 2.24) is 9.55 Å². The van der Waals surface area contributed by atoms with Crippen molar-refractivity contribution < 1.29 is 9.84 Å². The van der Waals surface area contributed by atoms with Gasteiger partial charge in [-0.2, -0.15) is 0 Å². The fourth-order valence-corrected chi connectivity index (χ4v) is 2.24. The molecule has 4 heteroatoms. The molecule has 0 aliphatic heterocycles. The van der Waals surface area contributed by atoms with Crippen LogP contribution in [0, 0.1) is 0 Å². The van der Waals surface area contributed by atoms with Gasteiger partial charge in [0.2, 0.25) is 0 Å². The molecule has 118 valence electrons. The van der Waals surface area contributed by atoms with E-state index in [1.165, 1.54) is 5.56 Å². The number of aliphatic hydroxyl groups is 1. The van der Waals surface area contributed by atoms with Crippen LogP contribution in [0.5, 0.6) is 0 Å². The molecule has 0 radical (unpaired) electrons. The Morgan fingerprint density at radius 3 is 2.77 bits per heavy atom. The Bertz CT molecular complexity index is 547. The minimum absolute atomic E-state index is 0.387. The van der Waals surface area contributed by atoms with Crippen LogP contribution in [0.3, 0.4) is 0 Å². The van der Waals surface area contributed by atoms with E-state index in [1.807, 2.05) is 29.2 Å². The largest absolute Gasteiger partial charge is 0.389 e. The molecular formula is C18H24N2O2. The van der Waals surface area contributed by atoms with Gasteiger partial charge in [0.15, 0.2) is 0 Å². The molecule has 0 fully saturated rings. The molecule has 0 saturated heterocycles. The van der Waals surface area contributed by atoms with Crippen LogP contribution in [-0.4, -0.2) is 34.5 Å². The summed E-state index contributed by atoms with van der Waals surface area (Å²) >= 11 is 0. The second kappa shape index (κ2) is 9.18. The van der Waals surface area contributed by atoms with E-state index >= 15 is 0 Å². The van der Waals surface area contributed by atoms with E-state index in [1.54, 1.807) is 13.3 Å². The van der Waals surface area contributed by atoms with Crippen molar-refractivity contribution in [2.45, 2.75) is 31.9 Å². The van der Waals surface area contributed by atoms with Gasteiger partial charge in [-0.25, -0.2) is 4.98 Å². The number of rotatable bonds is 9. The number of imidazole rings is 1. The minimum Gasteiger partial charge on any atom is -0.389 e. The molecule has 2 aromatic rings. The molecule has 1 N–H and O–H groups in total. The fourth-order valence-electron chi connectivity index (χ4n) is 2.24. The van der Waals surface area contributed by atoms with Gasteiger partial charge >= 0.3 is 0 Å².